The number of aliphatic hydroxyl groups is 1. The third kappa shape index (κ3) is 4.03. The van der Waals surface area contributed by atoms with Crippen molar-refractivity contribution in [2.24, 2.45) is 0 Å². The van der Waals surface area contributed by atoms with Gasteiger partial charge in [0.05, 0.1) is 17.2 Å². The smallest absolute Gasteiger partial charge is 0.335 e. The Labute approximate surface area is 205 Å². The van der Waals surface area contributed by atoms with Crippen molar-refractivity contribution in [1.82, 2.24) is 0 Å². The second-order valence-electron chi connectivity index (χ2n) is 8.35. The predicted octanol–water partition coefficient (Wildman–Crippen LogP) is 5.70. The summed E-state index contributed by atoms with van der Waals surface area (Å²) in [7, 11) is 0. The molecule has 1 aliphatic rings. The van der Waals surface area contributed by atoms with E-state index in [4.69, 9.17) is 0 Å². The average Bonchev–Trinajstić information content (AvgIpc) is 3.04. The first-order valence-corrected chi connectivity index (χ1v) is 11.4. The molecule has 0 bridgehead atoms. The first kappa shape index (κ1) is 23.4. The summed E-state index contributed by atoms with van der Waals surface area (Å²) in [5.41, 5.74) is 3.89. The third-order valence-corrected chi connectivity index (χ3v) is 6.44. The van der Waals surface area contributed by atoms with E-state index in [1.54, 1.807) is 30.3 Å². The van der Waals surface area contributed by atoms with Gasteiger partial charge in [-0.15, -0.1) is 0 Å². The molecular formula is C27H22BrNO5. The van der Waals surface area contributed by atoms with E-state index in [0.717, 1.165) is 21.2 Å². The number of carboxylic acid groups (broad SMARTS) is 1. The van der Waals surface area contributed by atoms with Gasteiger partial charge in [0, 0.05) is 15.7 Å². The standard InChI is InChI=1S/C27H22BrNO5/c1-14-11-15(2)21(16(3)12-14)24(30)22-23(17-7-9-19(28)10-8-17)29(26(32)25(22)31)20-6-4-5-18(13-20)27(33)34/h4-13,23,30H,1-3H3,(H,33,34)/b24-22+/t23-/m0/s1. The highest BCUT2D eigenvalue weighted by Crippen LogP contribution is 2.43. The number of carbonyl (C=O) groups excluding carboxylic acids is 2. The van der Waals surface area contributed by atoms with E-state index in [9.17, 15) is 24.6 Å². The molecule has 6 nitrogen and oxygen atoms in total. The van der Waals surface area contributed by atoms with Gasteiger partial charge in [-0.05, 0) is 67.8 Å². The summed E-state index contributed by atoms with van der Waals surface area (Å²) in [6.45, 7) is 5.63. The Balaban J connectivity index is 2.00. The minimum absolute atomic E-state index is 0.0146. The molecule has 1 amide bonds. The van der Waals surface area contributed by atoms with E-state index in [-0.39, 0.29) is 22.6 Å². The van der Waals surface area contributed by atoms with E-state index in [1.807, 2.05) is 32.9 Å². The van der Waals surface area contributed by atoms with Crippen LogP contribution in [0.5, 0.6) is 0 Å². The number of carboxylic acids is 1. The van der Waals surface area contributed by atoms with Gasteiger partial charge >= 0.3 is 5.97 Å². The maximum Gasteiger partial charge on any atom is 0.335 e. The van der Waals surface area contributed by atoms with Crippen LogP contribution in [0.25, 0.3) is 5.76 Å². The molecule has 1 fully saturated rings. The van der Waals surface area contributed by atoms with Crippen LogP contribution in [0.2, 0.25) is 0 Å². The number of rotatable bonds is 4. The molecule has 3 aromatic carbocycles. The van der Waals surface area contributed by atoms with Gasteiger partial charge in [-0.2, -0.15) is 0 Å². The fraction of sp³-hybridized carbons (Fsp3) is 0.148. The second-order valence-corrected chi connectivity index (χ2v) is 9.27. The van der Waals surface area contributed by atoms with Gasteiger partial charge in [0.2, 0.25) is 0 Å². The molecule has 1 atom stereocenters. The Morgan fingerprint density at radius 3 is 2.12 bits per heavy atom. The van der Waals surface area contributed by atoms with E-state index in [2.05, 4.69) is 15.9 Å². The van der Waals surface area contributed by atoms with E-state index < -0.39 is 23.7 Å². The Kier molecular flexibility index (Phi) is 6.15. The lowest BCUT2D eigenvalue weighted by atomic mass is 9.91. The Hall–Kier alpha value is -3.71. The summed E-state index contributed by atoms with van der Waals surface area (Å²) in [5.74, 6) is -3.06. The monoisotopic (exact) mass is 519 g/mol. The molecule has 0 aliphatic carbocycles. The SMILES string of the molecule is Cc1cc(C)c(/C(O)=C2\C(=O)C(=O)N(c3cccc(C(=O)O)c3)[C@H]2c2ccc(Br)cc2)c(C)c1. The maximum atomic E-state index is 13.3. The first-order valence-electron chi connectivity index (χ1n) is 10.6. The van der Waals surface area contributed by atoms with Crippen molar-refractivity contribution in [3.8, 4) is 0 Å². The molecule has 0 saturated carbocycles. The van der Waals surface area contributed by atoms with Crippen molar-refractivity contribution in [1.29, 1.82) is 0 Å². The number of aliphatic hydroxyl groups excluding tert-OH is 1. The van der Waals surface area contributed by atoms with Crippen molar-refractivity contribution < 1.29 is 24.6 Å². The molecule has 0 aromatic heterocycles. The molecule has 1 heterocycles. The van der Waals surface area contributed by atoms with Crippen molar-refractivity contribution >= 4 is 45.0 Å². The molecule has 0 spiro atoms. The number of hydrogen-bond donors (Lipinski definition) is 2. The van der Waals surface area contributed by atoms with Crippen LogP contribution in [0, 0.1) is 20.8 Å². The lowest BCUT2D eigenvalue weighted by Gasteiger charge is -2.26. The highest BCUT2D eigenvalue weighted by Gasteiger charge is 2.47. The van der Waals surface area contributed by atoms with E-state index in [1.165, 1.54) is 23.1 Å². The van der Waals surface area contributed by atoms with Gasteiger partial charge in [0.1, 0.15) is 5.76 Å². The molecule has 0 radical (unpaired) electrons. The van der Waals surface area contributed by atoms with Gasteiger partial charge in [-0.3, -0.25) is 14.5 Å². The lowest BCUT2D eigenvalue weighted by molar-refractivity contribution is -0.132. The number of aryl methyl sites for hydroxylation is 3. The highest BCUT2D eigenvalue weighted by molar-refractivity contribution is 9.10. The number of benzene rings is 3. The number of hydrogen-bond acceptors (Lipinski definition) is 4. The molecule has 1 saturated heterocycles. The number of anilines is 1. The molecule has 3 aromatic rings. The Morgan fingerprint density at radius 1 is 0.912 bits per heavy atom. The van der Waals surface area contributed by atoms with E-state index in [0.29, 0.717) is 11.1 Å². The molecule has 172 valence electrons. The first-order chi connectivity index (χ1) is 16.1. The number of carbonyl (C=O) groups is 3. The predicted molar refractivity (Wildman–Crippen MR) is 133 cm³/mol. The number of Topliss-reactive ketones (excluding diaryl/α,β-unsaturated/α-hetero) is 1. The van der Waals surface area contributed by atoms with Gasteiger partial charge < -0.3 is 10.2 Å². The van der Waals surface area contributed by atoms with Crippen LogP contribution in [-0.4, -0.2) is 27.9 Å². The number of halogens is 1. The number of amides is 1. The zero-order valence-corrected chi connectivity index (χ0v) is 20.4. The number of aromatic carboxylic acids is 1. The van der Waals surface area contributed by atoms with E-state index >= 15 is 0 Å². The van der Waals surface area contributed by atoms with Gasteiger partial charge in [-0.25, -0.2) is 4.79 Å². The quantitative estimate of drug-likeness (QED) is 0.262. The molecule has 4 rings (SSSR count). The van der Waals surface area contributed by atoms with Crippen LogP contribution < -0.4 is 4.90 Å². The zero-order chi connectivity index (χ0) is 24.7. The number of ketones is 1. The highest BCUT2D eigenvalue weighted by atomic mass is 79.9. The Morgan fingerprint density at radius 2 is 1.53 bits per heavy atom. The Bertz CT molecular complexity index is 1350. The van der Waals surface area contributed by atoms with Crippen LogP contribution in [-0.2, 0) is 9.59 Å². The molecule has 1 aliphatic heterocycles. The molecule has 0 unspecified atom stereocenters. The van der Waals surface area contributed by atoms with Crippen molar-refractivity contribution in [2.45, 2.75) is 26.8 Å². The summed E-state index contributed by atoms with van der Waals surface area (Å²) in [5, 5.41) is 20.9. The summed E-state index contributed by atoms with van der Waals surface area (Å²) in [6.07, 6.45) is 0. The summed E-state index contributed by atoms with van der Waals surface area (Å²) < 4.78 is 0.811. The maximum absolute atomic E-state index is 13.3. The van der Waals surface area contributed by atoms with Crippen LogP contribution in [0.3, 0.4) is 0 Å². The summed E-state index contributed by atoms with van der Waals surface area (Å²) in [4.78, 5) is 39.4. The van der Waals surface area contributed by atoms with Crippen LogP contribution in [0.1, 0.15) is 44.2 Å². The fourth-order valence-electron chi connectivity index (χ4n) is 4.54. The number of nitrogens with zero attached hydrogens (tertiary/aromatic N) is 1. The summed E-state index contributed by atoms with van der Waals surface area (Å²) in [6, 6.07) is 15.8. The van der Waals surface area contributed by atoms with Crippen LogP contribution in [0.15, 0.2) is 70.7 Å². The zero-order valence-electron chi connectivity index (χ0n) is 18.8. The largest absolute Gasteiger partial charge is 0.507 e. The summed E-state index contributed by atoms with van der Waals surface area (Å²) >= 11 is 3.40. The molecule has 7 heteroatoms. The van der Waals surface area contributed by atoms with Gasteiger partial charge in [-0.1, -0.05) is 51.8 Å². The van der Waals surface area contributed by atoms with Crippen LogP contribution >= 0.6 is 15.9 Å². The minimum Gasteiger partial charge on any atom is -0.507 e. The lowest BCUT2D eigenvalue weighted by Crippen LogP contribution is -2.29. The van der Waals surface area contributed by atoms with Crippen LogP contribution in [0.4, 0.5) is 5.69 Å². The minimum atomic E-state index is -1.15. The molecule has 34 heavy (non-hydrogen) atoms. The average molecular weight is 520 g/mol. The normalized spacial score (nSPS) is 17.3. The van der Waals surface area contributed by atoms with Crippen molar-refractivity contribution in [3.63, 3.8) is 0 Å². The third-order valence-electron chi connectivity index (χ3n) is 5.92. The molecular weight excluding hydrogens is 498 g/mol. The van der Waals surface area contributed by atoms with Crippen molar-refractivity contribution in [3.05, 3.63) is 104 Å². The topological polar surface area (TPSA) is 94.9 Å². The van der Waals surface area contributed by atoms with Gasteiger partial charge in [0.25, 0.3) is 11.7 Å². The fourth-order valence-corrected chi connectivity index (χ4v) is 4.80. The second kappa shape index (κ2) is 8.91. The van der Waals surface area contributed by atoms with Crippen molar-refractivity contribution in [2.75, 3.05) is 4.90 Å². The molecule has 2 N–H and O–H groups in total. The van der Waals surface area contributed by atoms with Gasteiger partial charge in [0.15, 0.2) is 0 Å².